The molecular formula is C21H38. The highest BCUT2D eigenvalue weighted by Crippen LogP contribution is 2.46. The van der Waals surface area contributed by atoms with Crippen molar-refractivity contribution in [1.82, 2.24) is 0 Å². The van der Waals surface area contributed by atoms with Crippen molar-refractivity contribution < 1.29 is 0 Å². The summed E-state index contributed by atoms with van der Waals surface area (Å²) < 4.78 is 0. The third kappa shape index (κ3) is 4.26. The fourth-order valence-corrected chi connectivity index (χ4v) is 5.97. The maximum Gasteiger partial charge on any atom is -0.0355 e. The first-order valence-corrected chi connectivity index (χ1v) is 10.2. The predicted octanol–water partition coefficient (Wildman–Crippen LogP) is 6.84. The lowest BCUT2D eigenvalue weighted by atomic mass is 9.66. The molecule has 122 valence electrons. The van der Waals surface area contributed by atoms with Crippen molar-refractivity contribution in [1.29, 1.82) is 0 Å². The lowest BCUT2D eigenvalue weighted by Gasteiger charge is -2.39. The summed E-state index contributed by atoms with van der Waals surface area (Å²) in [5.74, 6) is 6.42. The molecule has 3 saturated carbocycles. The fraction of sp³-hybridized carbons (Fsp3) is 1.00. The molecular weight excluding hydrogens is 252 g/mol. The smallest absolute Gasteiger partial charge is 0.0355 e. The van der Waals surface area contributed by atoms with Crippen LogP contribution in [0.3, 0.4) is 0 Å². The van der Waals surface area contributed by atoms with Crippen LogP contribution in [0.15, 0.2) is 0 Å². The molecule has 3 aliphatic rings. The van der Waals surface area contributed by atoms with Crippen LogP contribution in [0.1, 0.15) is 97.3 Å². The Balaban J connectivity index is 1.61. The molecule has 3 unspecified atom stereocenters. The van der Waals surface area contributed by atoms with Crippen LogP contribution < -0.4 is 0 Å². The van der Waals surface area contributed by atoms with E-state index in [2.05, 4.69) is 13.8 Å². The molecule has 0 heteroatoms. The second kappa shape index (κ2) is 7.51. The van der Waals surface area contributed by atoms with Gasteiger partial charge < -0.3 is 0 Å². The molecule has 0 aromatic carbocycles. The zero-order chi connectivity index (χ0) is 14.7. The molecule has 3 fully saturated rings. The molecule has 0 amide bonds. The predicted molar refractivity (Wildman–Crippen MR) is 92.3 cm³/mol. The quantitative estimate of drug-likeness (QED) is 0.532. The Morgan fingerprint density at radius 2 is 1.33 bits per heavy atom. The van der Waals surface area contributed by atoms with E-state index in [1.54, 1.807) is 44.9 Å². The van der Waals surface area contributed by atoms with E-state index < -0.39 is 0 Å². The molecule has 3 rings (SSSR count). The standard InChI is InChI=1S/C21H38/c1-16-10-12-18(13-11-16)15-21(19-7-3-4-8-19)20-9-5-6-17(2)14-20/h16-21H,3-15H2,1-2H3. The maximum absolute atomic E-state index is 2.51. The van der Waals surface area contributed by atoms with Crippen molar-refractivity contribution in [2.75, 3.05) is 0 Å². The van der Waals surface area contributed by atoms with Crippen LogP contribution in [0.25, 0.3) is 0 Å². The van der Waals surface area contributed by atoms with Crippen LogP contribution in [0.5, 0.6) is 0 Å². The summed E-state index contributed by atoms with van der Waals surface area (Å²) in [6, 6.07) is 0. The van der Waals surface area contributed by atoms with Crippen LogP contribution in [-0.2, 0) is 0 Å². The van der Waals surface area contributed by atoms with Crippen molar-refractivity contribution in [2.24, 2.45) is 35.5 Å². The molecule has 0 aromatic heterocycles. The molecule has 3 aliphatic carbocycles. The maximum atomic E-state index is 2.51. The van der Waals surface area contributed by atoms with Crippen molar-refractivity contribution in [3.05, 3.63) is 0 Å². The lowest BCUT2D eigenvalue weighted by Crippen LogP contribution is -2.29. The molecule has 0 nitrogen and oxygen atoms in total. The minimum atomic E-state index is 1.01. The van der Waals surface area contributed by atoms with Gasteiger partial charge in [-0.3, -0.25) is 0 Å². The summed E-state index contributed by atoms with van der Waals surface area (Å²) in [6.45, 7) is 4.98. The second-order valence-corrected chi connectivity index (χ2v) is 9.10. The van der Waals surface area contributed by atoms with Gasteiger partial charge in [-0.05, 0) is 48.3 Å². The van der Waals surface area contributed by atoms with Gasteiger partial charge in [0.15, 0.2) is 0 Å². The molecule has 0 spiro atoms. The SMILES string of the molecule is CC1CCC(CC(C2CCCC2)C2CCCC(C)C2)CC1. The first-order valence-electron chi connectivity index (χ1n) is 10.2. The molecule has 0 aliphatic heterocycles. The van der Waals surface area contributed by atoms with Gasteiger partial charge in [-0.25, -0.2) is 0 Å². The van der Waals surface area contributed by atoms with E-state index in [9.17, 15) is 0 Å². The molecule has 3 atom stereocenters. The van der Waals surface area contributed by atoms with Crippen LogP contribution in [-0.4, -0.2) is 0 Å². The van der Waals surface area contributed by atoms with E-state index in [1.807, 2.05) is 0 Å². The van der Waals surface area contributed by atoms with Gasteiger partial charge in [-0.15, -0.1) is 0 Å². The van der Waals surface area contributed by atoms with Crippen molar-refractivity contribution in [3.8, 4) is 0 Å². The van der Waals surface area contributed by atoms with Crippen LogP contribution in [0, 0.1) is 35.5 Å². The van der Waals surface area contributed by atoms with Crippen LogP contribution in [0.2, 0.25) is 0 Å². The minimum Gasteiger partial charge on any atom is -0.0625 e. The Kier molecular flexibility index (Phi) is 5.68. The normalized spacial score (nSPS) is 40.3. The summed E-state index contributed by atoms with van der Waals surface area (Å²) in [4.78, 5) is 0. The summed E-state index contributed by atoms with van der Waals surface area (Å²) in [5, 5.41) is 0. The monoisotopic (exact) mass is 290 g/mol. The average molecular weight is 291 g/mol. The molecule has 0 N–H and O–H groups in total. The third-order valence-corrected chi connectivity index (χ3v) is 7.33. The van der Waals surface area contributed by atoms with Gasteiger partial charge in [0.1, 0.15) is 0 Å². The molecule has 0 aromatic rings. The zero-order valence-corrected chi connectivity index (χ0v) is 14.7. The third-order valence-electron chi connectivity index (χ3n) is 7.33. The average Bonchev–Trinajstić information content (AvgIpc) is 3.00. The first-order chi connectivity index (χ1) is 10.2. The van der Waals surface area contributed by atoms with Gasteiger partial charge >= 0.3 is 0 Å². The number of rotatable bonds is 4. The minimum absolute atomic E-state index is 1.01. The van der Waals surface area contributed by atoms with Gasteiger partial charge in [0.25, 0.3) is 0 Å². The summed E-state index contributed by atoms with van der Waals surface area (Å²) >= 11 is 0. The van der Waals surface area contributed by atoms with E-state index in [0.29, 0.717) is 0 Å². The Bertz CT molecular complexity index is 293. The fourth-order valence-electron chi connectivity index (χ4n) is 5.97. The molecule has 0 heterocycles. The number of hydrogen-bond donors (Lipinski definition) is 0. The molecule has 0 saturated heterocycles. The van der Waals surface area contributed by atoms with Crippen LogP contribution >= 0.6 is 0 Å². The number of hydrogen-bond acceptors (Lipinski definition) is 0. The summed E-state index contributed by atoms with van der Waals surface area (Å²) in [6.07, 6.45) is 20.1. The van der Waals surface area contributed by atoms with Gasteiger partial charge in [0.2, 0.25) is 0 Å². The zero-order valence-electron chi connectivity index (χ0n) is 14.7. The van der Waals surface area contributed by atoms with E-state index in [0.717, 1.165) is 35.5 Å². The first kappa shape index (κ1) is 15.9. The molecule has 0 bridgehead atoms. The van der Waals surface area contributed by atoms with Gasteiger partial charge in [0, 0.05) is 0 Å². The highest BCUT2D eigenvalue weighted by molar-refractivity contribution is 4.86. The Hall–Kier alpha value is 0. The van der Waals surface area contributed by atoms with E-state index >= 15 is 0 Å². The van der Waals surface area contributed by atoms with Gasteiger partial charge in [-0.2, -0.15) is 0 Å². The van der Waals surface area contributed by atoms with Gasteiger partial charge in [0.05, 0.1) is 0 Å². The summed E-state index contributed by atoms with van der Waals surface area (Å²) in [5.41, 5.74) is 0. The largest absolute Gasteiger partial charge is 0.0625 e. The van der Waals surface area contributed by atoms with Crippen molar-refractivity contribution in [2.45, 2.75) is 97.3 Å². The molecule has 21 heavy (non-hydrogen) atoms. The van der Waals surface area contributed by atoms with E-state index in [1.165, 1.54) is 38.5 Å². The second-order valence-electron chi connectivity index (χ2n) is 9.10. The van der Waals surface area contributed by atoms with Crippen molar-refractivity contribution >= 4 is 0 Å². The lowest BCUT2D eigenvalue weighted by molar-refractivity contribution is 0.111. The topological polar surface area (TPSA) is 0 Å². The Morgan fingerprint density at radius 1 is 0.667 bits per heavy atom. The van der Waals surface area contributed by atoms with Gasteiger partial charge in [-0.1, -0.05) is 84.5 Å². The highest BCUT2D eigenvalue weighted by Gasteiger charge is 2.35. The van der Waals surface area contributed by atoms with Crippen LogP contribution in [0.4, 0.5) is 0 Å². The highest BCUT2D eigenvalue weighted by atomic mass is 14.4. The van der Waals surface area contributed by atoms with Crippen molar-refractivity contribution in [3.63, 3.8) is 0 Å². The van der Waals surface area contributed by atoms with E-state index in [4.69, 9.17) is 0 Å². The Labute approximate surface area is 133 Å². The van der Waals surface area contributed by atoms with E-state index in [-0.39, 0.29) is 0 Å². The summed E-state index contributed by atoms with van der Waals surface area (Å²) in [7, 11) is 0. The Morgan fingerprint density at radius 3 is 2.00 bits per heavy atom. The molecule has 0 radical (unpaired) electrons.